The summed E-state index contributed by atoms with van der Waals surface area (Å²) in [4.78, 5) is 20.9. The third kappa shape index (κ3) is 4.00. The molecule has 2 N–H and O–H groups in total. The van der Waals surface area contributed by atoms with E-state index < -0.39 is 18.0 Å². The van der Waals surface area contributed by atoms with E-state index in [2.05, 4.69) is 26.7 Å². The van der Waals surface area contributed by atoms with Gasteiger partial charge in [0.2, 0.25) is 5.88 Å². The molecule has 0 radical (unpaired) electrons. The quantitative estimate of drug-likeness (QED) is 0.594. The van der Waals surface area contributed by atoms with Gasteiger partial charge in [0.15, 0.2) is 0 Å². The van der Waals surface area contributed by atoms with Crippen molar-refractivity contribution in [2.24, 2.45) is 5.92 Å². The summed E-state index contributed by atoms with van der Waals surface area (Å²) in [6.45, 7) is 3.09. The van der Waals surface area contributed by atoms with Crippen LogP contribution in [0.15, 0.2) is 30.6 Å². The maximum absolute atomic E-state index is 15.0. The zero-order valence-corrected chi connectivity index (χ0v) is 18.0. The van der Waals surface area contributed by atoms with Crippen LogP contribution in [0.5, 0.6) is 5.88 Å². The highest BCUT2D eigenvalue weighted by atomic mass is 19.1. The molecule has 3 aromatic rings. The van der Waals surface area contributed by atoms with E-state index in [9.17, 15) is 4.79 Å². The highest BCUT2D eigenvalue weighted by Gasteiger charge is 2.30. The maximum Gasteiger partial charge on any atom is 0.413 e. The van der Waals surface area contributed by atoms with Crippen LogP contribution >= 0.6 is 0 Å². The van der Waals surface area contributed by atoms with Gasteiger partial charge in [0.05, 0.1) is 12.0 Å². The number of carbonyl (C=O) groups is 1. The van der Waals surface area contributed by atoms with Gasteiger partial charge in [0.25, 0.3) is 0 Å². The monoisotopic (exact) mass is 447 g/mol. The van der Waals surface area contributed by atoms with Gasteiger partial charge in [-0.1, -0.05) is 0 Å². The minimum Gasteiger partial charge on any atom is -0.474 e. The Hall–Kier alpha value is -3.93. The maximum atomic E-state index is 15.0. The molecule has 1 aliphatic heterocycles. The van der Waals surface area contributed by atoms with Crippen molar-refractivity contribution in [3.63, 3.8) is 0 Å². The molecule has 8 nitrogen and oxygen atoms in total. The largest absolute Gasteiger partial charge is 0.474 e. The van der Waals surface area contributed by atoms with Crippen molar-refractivity contribution in [3.8, 4) is 23.1 Å². The molecule has 2 aliphatic rings. The van der Waals surface area contributed by atoms with Crippen LogP contribution < -0.4 is 15.4 Å². The molecule has 5 rings (SSSR count). The van der Waals surface area contributed by atoms with E-state index >= 15 is 4.39 Å². The normalized spacial score (nSPS) is 19.2. The van der Waals surface area contributed by atoms with Crippen LogP contribution in [0.25, 0.3) is 21.9 Å². The third-order valence-electron chi connectivity index (χ3n) is 6.15. The number of carbonyl (C=O) groups excluding carboxylic acids is 1. The molecule has 1 saturated carbocycles. The first-order valence-electron chi connectivity index (χ1n) is 10.9. The van der Waals surface area contributed by atoms with Gasteiger partial charge in [0.1, 0.15) is 30.0 Å². The predicted octanol–water partition coefficient (Wildman–Crippen LogP) is 4.79. The number of nitrogens with one attached hydrogen (secondary N) is 2. The van der Waals surface area contributed by atoms with Gasteiger partial charge in [-0.05, 0) is 55.3 Å². The summed E-state index contributed by atoms with van der Waals surface area (Å²) in [6, 6.07) is 6.98. The number of ether oxygens (including phenoxy) is 2. The SMILES string of the molecule is Cc1c(-c2cc3cc(NC(=O)O[C@H]4CCCC4C#N)ncc3cc2F)cnc2c1NCCO2. The summed E-state index contributed by atoms with van der Waals surface area (Å²) >= 11 is 0. The molecular weight excluding hydrogens is 425 g/mol. The Morgan fingerprint density at radius 1 is 1.24 bits per heavy atom. The fourth-order valence-corrected chi connectivity index (χ4v) is 4.42. The Bertz CT molecular complexity index is 1290. The standard InChI is InChI=1S/C24H22FN5O3/c1-13-18(12-29-23-22(13)27-5-6-32-23)17-7-15-9-21(28-11-16(15)8-19(17)25)30-24(31)33-20-4-2-3-14(20)10-26/h7-9,11-12,14,20,27H,2-6H2,1H3,(H,28,30,31)/t14?,20-/m0/s1. The fraction of sp³-hybridized carbons (Fsp3) is 0.333. The Balaban J connectivity index is 1.43. The molecule has 1 amide bonds. The lowest BCUT2D eigenvalue weighted by atomic mass is 9.98. The molecule has 1 aliphatic carbocycles. The molecule has 2 atom stereocenters. The predicted molar refractivity (Wildman–Crippen MR) is 120 cm³/mol. The van der Waals surface area contributed by atoms with Crippen LogP contribution in [-0.2, 0) is 4.74 Å². The van der Waals surface area contributed by atoms with Crippen molar-refractivity contribution >= 4 is 28.4 Å². The molecule has 168 valence electrons. The number of anilines is 2. The summed E-state index contributed by atoms with van der Waals surface area (Å²) in [5, 5.41) is 16.3. The first-order chi connectivity index (χ1) is 16.0. The average molecular weight is 447 g/mol. The molecule has 33 heavy (non-hydrogen) atoms. The van der Waals surface area contributed by atoms with E-state index in [0.29, 0.717) is 47.4 Å². The summed E-state index contributed by atoms with van der Waals surface area (Å²) in [5.74, 6) is 0.125. The van der Waals surface area contributed by atoms with Crippen LogP contribution in [0.3, 0.4) is 0 Å². The number of hydrogen-bond donors (Lipinski definition) is 2. The van der Waals surface area contributed by atoms with E-state index in [1.54, 1.807) is 18.3 Å². The summed E-state index contributed by atoms with van der Waals surface area (Å²) < 4.78 is 26.0. The number of amides is 1. The number of nitrogens with zero attached hydrogens (tertiary/aromatic N) is 3. The second kappa shape index (κ2) is 8.54. The molecule has 0 spiro atoms. The summed E-state index contributed by atoms with van der Waals surface area (Å²) in [5.41, 5.74) is 2.66. The van der Waals surface area contributed by atoms with Crippen molar-refractivity contribution in [1.82, 2.24) is 9.97 Å². The topological polar surface area (TPSA) is 109 Å². The van der Waals surface area contributed by atoms with E-state index in [1.165, 1.54) is 12.3 Å². The van der Waals surface area contributed by atoms with Crippen LogP contribution in [-0.4, -0.2) is 35.3 Å². The summed E-state index contributed by atoms with van der Waals surface area (Å²) in [6.07, 6.45) is 4.31. The van der Waals surface area contributed by atoms with Crippen molar-refractivity contribution < 1.29 is 18.7 Å². The number of pyridine rings is 2. The number of fused-ring (bicyclic) bond motifs is 2. The molecule has 3 heterocycles. The van der Waals surface area contributed by atoms with Crippen LogP contribution in [0.4, 0.5) is 20.7 Å². The number of benzene rings is 1. The van der Waals surface area contributed by atoms with Gasteiger partial charge in [-0.2, -0.15) is 5.26 Å². The number of rotatable bonds is 3. The van der Waals surface area contributed by atoms with Gasteiger partial charge >= 0.3 is 6.09 Å². The first kappa shape index (κ1) is 20.9. The van der Waals surface area contributed by atoms with Gasteiger partial charge < -0.3 is 14.8 Å². The van der Waals surface area contributed by atoms with Crippen LogP contribution in [0.2, 0.25) is 0 Å². The minimum atomic E-state index is -0.655. The number of hydrogen-bond acceptors (Lipinski definition) is 7. The second-order valence-electron chi connectivity index (χ2n) is 8.24. The minimum absolute atomic E-state index is 0.279. The molecule has 1 fully saturated rings. The zero-order valence-electron chi connectivity index (χ0n) is 18.0. The Labute approximate surface area is 189 Å². The van der Waals surface area contributed by atoms with Crippen molar-refractivity contribution in [2.75, 3.05) is 23.8 Å². The second-order valence-corrected chi connectivity index (χ2v) is 8.24. The lowest BCUT2D eigenvalue weighted by Crippen LogP contribution is -2.25. The molecular formula is C24H22FN5O3. The lowest BCUT2D eigenvalue weighted by molar-refractivity contribution is 0.0999. The Kier molecular flexibility index (Phi) is 5.42. The highest BCUT2D eigenvalue weighted by molar-refractivity contribution is 5.92. The first-order valence-corrected chi connectivity index (χ1v) is 10.9. The zero-order chi connectivity index (χ0) is 22.9. The van der Waals surface area contributed by atoms with Gasteiger partial charge in [0, 0.05) is 35.5 Å². The average Bonchev–Trinajstić information content (AvgIpc) is 3.26. The molecule has 1 aromatic carbocycles. The highest BCUT2D eigenvalue weighted by Crippen LogP contribution is 2.37. The van der Waals surface area contributed by atoms with Gasteiger partial charge in [-0.25, -0.2) is 19.2 Å². The van der Waals surface area contributed by atoms with E-state index in [1.807, 2.05) is 6.92 Å². The van der Waals surface area contributed by atoms with Crippen molar-refractivity contribution in [1.29, 1.82) is 5.26 Å². The number of nitriles is 1. The molecule has 0 saturated heterocycles. The molecule has 0 bridgehead atoms. The van der Waals surface area contributed by atoms with Gasteiger partial charge in [-0.3, -0.25) is 5.32 Å². The fourth-order valence-electron chi connectivity index (χ4n) is 4.42. The van der Waals surface area contributed by atoms with Gasteiger partial charge in [-0.15, -0.1) is 0 Å². The lowest BCUT2D eigenvalue weighted by Gasteiger charge is -2.21. The van der Waals surface area contributed by atoms with E-state index in [-0.39, 0.29) is 11.7 Å². The molecule has 1 unspecified atom stereocenters. The van der Waals surface area contributed by atoms with Crippen molar-refractivity contribution in [2.45, 2.75) is 32.3 Å². The smallest absolute Gasteiger partial charge is 0.413 e. The number of halogens is 1. The van der Waals surface area contributed by atoms with E-state index in [4.69, 9.17) is 14.7 Å². The Morgan fingerprint density at radius 3 is 2.97 bits per heavy atom. The van der Waals surface area contributed by atoms with Crippen LogP contribution in [0.1, 0.15) is 24.8 Å². The Morgan fingerprint density at radius 2 is 2.12 bits per heavy atom. The third-order valence-corrected chi connectivity index (χ3v) is 6.15. The molecule has 2 aromatic heterocycles. The molecule has 9 heteroatoms. The number of aromatic nitrogens is 2. The summed E-state index contributed by atoms with van der Waals surface area (Å²) in [7, 11) is 0. The van der Waals surface area contributed by atoms with E-state index in [0.717, 1.165) is 24.1 Å². The van der Waals surface area contributed by atoms with Crippen LogP contribution in [0, 0.1) is 30.0 Å². The van der Waals surface area contributed by atoms with Crippen molar-refractivity contribution in [3.05, 3.63) is 42.0 Å².